The molecule has 8 heteroatoms. The first-order chi connectivity index (χ1) is 12.2. The Bertz CT molecular complexity index is 529. The Labute approximate surface area is 153 Å². The number of thiophene rings is 1. The van der Waals surface area contributed by atoms with Gasteiger partial charge >= 0.3 is 0 Å². The van der Waals surface area contributed by atoms with Crippen LogP contribution in [0.1, 0.15) is 24.8 Å². The average molecular weight is 368 g/mol. The number of hydrogen-bond acceptors (Lipinski definition) is 5. The van der Waals surface area contributed by atoms with Gasteiger partial charge in [-0.15, -0.1) is 11.3 Å². The van der Waals surface area contributed by atoms with E-state index in [1.165, 1.54) is 11.8 Å². The molecule has 1 fully saturated rings. The molecule has 0 radical (unpaired) electrons. The number of hydrogen-bond donors (Lipinski definition) is 3. The number of carbonyl (C=O) groups excluding carboxylic acids is 1. The van der Waals surface area contributed by atoms with Gasteiger partial charge < -0.3 is 20.7 Å². The van der Waals surface area contributed by atoms with E-state index in [9.17, 15) is 4.79 Å². The maximum Gasteiger partial charge on any atom is 0.216 e. The lowest BCUT2D eigenvalue weighted by molar-refractivity contribution is -0.118. The van der Waals surface area contributed by atoms with Crippen molar-refractivity contribution in [2.24, 2.45) is 4.99 Å². The SMILES string of the molecule is CCNC(=NCC(c1cccs1)N1CCOCC1)NCCNC(C)=O. The number of amides is 1. The Morgan fingerprint density at radius 3 is 2.72 bits per heavy atom. The van der Waals surface area contributed by atoms with Crippen LogP contribution in [0.2, 0.25) is 0 Å². The van der Waals surface area contributed by atoms with E-state index in [0.29, 0.717) is 19.6 Å². The molecule has 1 amide bonds. The molecule has 1 aliphatic heterocycles. The maximum atomic E-state index is 10.9. The minimum atomic E-state index is -0.0196. The summed E-state index contributed by atoms with van der Waals surface area (Å²) in [6, 6.07) is 4.54. The van der Waals surface area contributed by atoms with E-state index < -0.39 is 0 Å². The van der Waals surface area contributed by atoms with Crippen LogP contribution >= 0.6 is 11.3 Å². The third-order valence-electron chi connectivity index (χ3n) is 3.92. The van der Waals surface area contributed by atoms with Gasteiger partial charge in [0.15, 0.2) is 5.96 Å². The number of ether oxygens (including phenoxy) is 1. The zero-order valence-electron chi connectivity index (χ0n) is 15.1. The first kappa shape index (κ1) is 19.7. The van der Waals surface area contributed by atoms with Crippen LogP contribution in [0.4, 0.5) is 0 Å². The Kier molecular flexibility index (Phi) is 8.71. The third-order valence-corrected chi connectivity index (χ3v) is 4.89. The Morgan fingerprint density at radius 2 is 2.08 bits per heavy atom. The van der Waals surface area contributed by atoms with Crippen LogP contribution in [0.15, 0.2) is 22.5 Å². The molecule has 0 aliphatic carbocycles. The first-order valence-electron chi connectivity index (χ1n) is 8.82. The molecule has 7 nitrogen and oxygen atoms in total. The van der Waals surface area contributed by atoms with Gasteiger partial charge in [-0.25, -0.2) is 0 Å². The van der Waals surface area contributed by atoms with Crippen LogP contribution in [0, 0.1) is 0 Å². The molecule has 3 N–H and O–H groups in total. The van der Waals surface area contributed by atoms with Gasteiger partial charge in [0.05, 0.1) is 25.8 Å². The molecule has 2 heterocycles. The maximum absolute atomic E-state index is 10.9. The fraction of sp³-hybridized carbons (Fsp3) is 0.647. The Balaban J connectivity index is 1.96. The summed E-state index contributed by atoms with van der Waals surface area (Å²) in [6.45, 7) is 9.71. The number of nitrogens with zero attached hydrogens (tertiary/aromatic N) is 2. The van der Waals surface area contributed by atoms with Crippen LogP contribution in [-0.4, -0.2) is 69.2 Å². The lowest BCUT2D eigenvalue weighted by Crippen LogP contribution is -2.43. The Hall–Kier alpha value is -1.64. The van der Waals surface area contributed by atoms with Gasteiger partial charge in [-0.2, -0.15) is 0 Å². The quantitative estimate of drug-likeness (QED) is 0.360. The zero-order valence-corrected chi connectivity index (χ0v) is 15.9. The van der Waals surface area contributed by atoms with Gasteiger partial charge in [0.25, 0.3) is 0 Å². The summed E-state index contributed by atoms with van der Waals surface area (Å²) in [5.41, 5.74) is 0. The summed E-state index contributed by atoms with van der Waals surface area (Å²) in [4.78, 5) is 19.5. The molecule has 140 valence electrons. The van der Waals surface area contributed by atoms with Gasteiger partial charge in [-0.1, -0.05) is 6.07 Å². The number of morpholine rings is 1. The van der Waals surface area contributed by atoms with Crippen LogP contribution in [0.3, 0.4) is 0 Å². The summed E-state index contributed by atoms with van der Waals surface area (Å²) >= 11 is 1.77. The van der Waals surface area contributed by atoms with E-state index in [1.54, 1.807) is 11.3 Å². The van der Waals surface area contributed by atoms with Crippen LogP contribution in [0.25, 0.3) is 0 Å². The minimum absolute atomic E-state index is 0.0196. The molecule has 1 aromatic rings. The summed E-state index contributed by atoms with van der Waals surface area (Å²) in [7, 11) is 0. The van der Waals surface area contributed by atoms with Gasteiger partial charge in [0, 0.05) is 44.5 Å². The van der Waals surface area contributed by atoms with Crippen molar-refractivity contribution >= 4 is 23.2 Å². The van der Waals surface area contributed by atoms with Crippen molar-refractivity contribution in [1.82, 2.24) is 20.9 Å². The van der Waals surface area contributed by atoms with Gasteiger partial charge in [0.2, 0.25) is 5.91 Å². The highest BCUT2D eigenvalue weighted by molar-refractivity contribution is 7.10. The number of aliphatic imine (C=N–C) groups is 1. The fourth-order valence-corrected chi connectivity index (χ4v) is 3.55. The lowest BCUT2D eigenvalue weighted by atomic mass is 10.2. The van der Waals surface area contributed by atoms with E-state index in [0.717, 1.165) is 38.8 Å². The van der Waals surface area contributed by atoms with Gasteiger partial charge in [-0.3, -0.25) is 14.7 Å². The number of rotatable bonds is 8. The standard InChI is InChI=1S/C17H29N5O2S/c1-3-18-17(20-7-6-19-14(2)23)21-13-15(16-5-4-12-25-16)22-8-10-24-11-9-22/h4-5,12,15H,3,6-11,13H2,1-2H3,(H,19,23)(H2,18,20,21). The molecule has 25 heavy (non-hydrogen) atoms. The topological polar surface area (TPSA) is 78.0 Å². The predicted octanol–water partition coefficient (Wildman–Crippen LogP) is 0.813. The second kappa shape index (κ2) is 11.1. The molecule has 1 aliphatic rings. The molecule has 0 aromatic carbocycles. The van der Waals surface area contributed by atoms with Crippen molar-refractivity contribution in [2.45, 2.75) is 19.9 Å². The largest absolute Gasteiger partial charge is 0.379 e. The van der Waals surface area contributed by atoms with Crippen molar-refractivity contribution in [2.75, 3.05) is 52.5 Å². The molecule has 0 saturated carbocycles. The monoisotopic (exact) mass is 367 g/mol. The summed E-state index contributed by atoms with van der Waals surface area (Å²) < 4.78 is 5.48. The summed E-state index contributed by atoms with van der Waals surface area (Å²) in [5.74, 6) is 0.761. The predicted molar refractivity (Wildman–Crippen MR) is 102 cm³/mol. The summed E-state index contributed by atoms with van der Waals surface area (Å²) in [6.07, 6.45) is 0. The molecule has 1 unspecified atom stereocenters. The minimum Gasteiger partial charge on any atom is -0.379 e. The molecular weight excluding hydrogens is 338 g/mol. The fourth-order valence-electron chi connectivity index (χ4n) is 2.69. The number of nitrogens with one attached hydrogen (secondary N) is 3. The van der Waals surface area contributed by atoms with E-state index in [2.05, 4.69) is 38.4 Å². The van der Waals surface area contributed by atoms with E-state index >= 15 is 0 Å². The van der Waals surface area contributed by atoms with E-state index in [1.807, 2.05) is 6.92 Å². The highest BCUT2D eigenvalue weighted by atomic mass is 32.1. The average Bonchev–Trinajstić information content (AvgIpc) is 3.14. The normalized spacial score (nSPS) is 17.1. The van der Waals surface area contributed by atoms with Crippen molar-refractivity contribution < 1.29 is 9.53 Å². The van der Waals surface area contributed by atoms with Gasteiger partial charge in [-0.05, 0) is 18.4 Å². The lowest BCUT2D eigenvalue weighted by Gasteiger charge is -2.33. The second-order valence-electron chi connectivity index (χ2n) is 5.81. The molecule has 1 saturated heterocycles. The van der Waals surface area contributed by atoms with Crippen LogP contribution in [-0.2, 0) is 9.53 Å². The molecule has 0 bridgehead atoms. The van der Waals surface area contributed by atoms with Crippen LogP contribution in [0.5, 0.6) is 0 Å². The molecule has 2 rings (SSSR count). The van der Waals surface area contributed by atoms with Crippen molar-refractivity contribution in [3.8, 4) is 0 Å². The van der Waals surface area contributed by atoms with E-state index in [4.69, 9.17) is 9.73 Å². The first-order valence-corrected chi connectivity index (χ1v) is 9.70. The zero-order chi connectivity index (χ0) is 17.9. The van der Waals surface area contributed by atoms with Crippen molar-refractivity contribution in [3.05, 3.63) is 22.4 Å². The highest BCUT2D eigenvalue weighted by Gasteiger charge is 2.23. The van der Waals surface area contributed by atoms with Crippen molar-refractivity contribution in [1.29, 1.82) is 0 Å². The molecular formula is C17H29N5O2S. The third kappa shape index (κ3) is 7.01. The molecule has 1 atom stereocenters. The van der Waals surface area contributed by atoms with Crippen LogP contribution < -0.4 is 16.0 Å². The van der Waals surface area contributed by atoms with Gasteiger partial charge in [0.1, 0.15) is 0 Å². The molecule has 0 spiro atoms. The van der Waals surface area contributed by atoms with Crippen molar-refractivity contribution in [3.63, 3.8) is 0 Å². The number of guanidine groups is 1. The second-order valence-corrected chi connectivity index (χ2v) is 6.79. The summed E-state index contributed by atoms with van der Waals surface area (Å²) in [5, 5.41) is 11.4. The van der Waals surface area contributed by atoms with E-state index in [-0.39, 0.29) is 11.9 Å². The highest BCUT2D eigenvalue weighted by Crippen LogP contribution is 2.26. The Morgan fingerprint density at radius 1 is 1.32 bits per heavy atom. The number of carbonyl (C=O) groups is 1. The molecule has 1 aromatic heterocycles. The smallest absolute Gasteiger partial charge is 0.216 e.